The van der Waals surface area contributed by atoms with Gasteiger partial charge in [-0.25, -0.2) is 4.79 Å². The first-order valence-electron chi connectivity index (χ1n) is 15.8. The monoisotopic (exact) mass is 673 g/mol. The fraction of sp³-hybridized carbons (Fsp3) is 0.618. The van der Waals surface area contributed by atoms with Gasteiger partial charge in [0.25, 0.3) is 0 Å². The van der Waals surface area contributed by atoms with Crippen LogP contribution in [0.25, 0.3) is 0 Å². The molecule has 0 N–H and O–H groups in total. The summed E-state index contributed by atoms with van der Waals surface area (Å²) >= 11 is 0. The Labute approximate surface area is 278 Å². The number of ether oxygens (including phenoxy) is 5. The topological polar surface area (TPSA) is 183 Å². The van der Waals surface area contributed by atoms with E-state index < -0.39 is 101 Å². The number of epoxide rings is 1. The van der Waals surface area contributed by atoms with Crippen LogP contribution in [0.1, 0.15) is 78.6 Å². The van der Waals surface area contributed by atoms with E-state index in [4.69, 9.17) is 33.5 Å². The Morgan fingerprint density at radius 3 is 2.17 bits per heavy atom. The SMILES string of the molecule is C=C1[C@H](OC(C)=O)C[C@@H](OOC(=O)c2cccnc2)C(C)(C)[C@H]2O[C@@H]2[C@@H](C)C(=O)[C@]2(OC(C)=O)C[C@@H](C)[C@H](OC(C)=O)[C@@H]2[C@H]1OC(C)=O. The van der Waals surface area contributed by atoms with Crippen molar-refractivity contribution in [3.05, 3.63) is 42.2 Å². The van der Waals surface area contributed by atoms with Crippen molar-refractivity contribution >= 4 is 35.6 Å². The molecule has 0 bridgehead atoms. The molecule has 4 rings (SSSR count). The van der Waals surface area contributed by atoms with Crippen LogP contribution in [0.2, 0.25) is 0 Å². The molecule has 3 fully saturated rings. The molecule has 10 atom stereocenters. The van der Waals surface area contributed by atoms with Gasteiger partial charge in [0.1, 0.15) is 24.4 Å². The van der Waals surface area contributed by atoms with Crippen molar-refractivity contribution in [2.24, 2.45) is 23.2 Å². The maximum atomic E-state index is 14.7. The molecule has 2 aliphatic carbocycles. The number of ketones is 1. The van der Waals surface area contributed by atoms with Crippen LogP contribution in [-0.4, -0.2) is 82.8 Å². The first-order valence-corrected chi connectivity index (χ1v) is 15.8. The normalized spacial score (nSPS) is 34.2. The molecule has 1 saturated heterocycles. The Hall–Kier alpha value is -4.17. The number of hydrogen-bond acceptors (Lipinski definition) is 14. The highest BCUT2D eigenvalue weighted by Gasteiger charge is 2.68. The van der Waals surface area contributed by atoms with Crippen molar-refractivity contribution in [2.45, 2.75) is 110 Å². The highest BCUT2D eigenvalue weighted by atomic mass is 17.2. The molecule has 0 spiro atoms. The predicted molar refractivity (Wildman–Crippen MR) is 163 cm³/mol. The number of fused-ring (bicyclic) bond motifs is 2. The molecule has 2 heterocycles. The zero-order valence-corrected chi connectivity index (χ0v) is 28.4. The lowest BCUT2D eigenvalue weighted by Crippen LogP contribution is -2.58. The minimum absolute atomic E-state index is 0.00884. The number of pyridine rings is 1. The van der Waals surface area contributed by atoms with E-state index in [-0.39, 0.29) is 24.0 Å². The van der Waals surface area contributed by atoms with E-state index >= 15 is 0 Å². The number of carbonyl (C=O) groups excluding carboxylic acids is 6. The summed E-state index contributed by atoms with van der Waals surface area (Å²) in [5, 5.41) is 0. The highest BCUT2D eigenvalue weighted by Crippen LogP contribution is 2.54. The molecular weight excluding hydrogens is 630 g/mol. The Kier molecular flexibility index (Phi) is 10.8. The molecule has 0 aromatic carbocycles. The first-order chi connectivity index (χ1) is 22.4. The maximum Gasteiger partial charge on any atom is 0.374 e. The van der Waals surface area contributed by atoms with Crippen molar-refractivity contribution in [3.8, 4) is 0 Å². The van der Waals surface area contributed by atoms with E-state index in [1.807, 2.05) is 0 Å². The number of rotatable bonds is 7. The van der Waals surface area contributed by atoms with Crippen molar-refractivity contribution < 1.29 is 62.2 Å². The van der Waals surface area contributed by atoms with Gasteiger partial charge in [0.2, 0.25) is 0 Å². The van der Waals surface area contributed by atoms with Crippen LogP contribution < -0.4 is 0 Å². The molecule has 14 heteroatoms. The third kappa shape index (κ3) is 7.44. The summed E-state index contributed by atoms with van der Waals surface area (Å²) < 4.78 is 29.4. The molecule has 3 aliphatic rings. The molecule has 1 aromatic heterocycles. The lowest BCUT2D eigenvalue weighted by molar-refractivity contribution is -0.302. The fourth-order valence-electron chi connectivity index (χ4n) is 7.16. The van der Waals surface area contributed by atoms with E-state index in [2.05, 4.69) is 11.6 Å². The van der Waals surface area contributed by atoms with Crippen LogP contribution in [0.4, 0.5) is 0 Å². The summed E-state index contributed by atoms with van der Waals surface area (Å²) in [6.07, 6.45) is -3.69. The largest absolute Gasteiger partial charge is 0.462 e. The summed E-state index contributed by atoms with van der Waals surface area (Å²) in [4.78, 5) is 92.9. The van der Waals surface area contributed by atoms with Crippen LogP contribution in [0.5, 0.6) is 0 Å². The summed E-state index contributed by atoms with van der Waals surface area (Å²) in [6.45, 7) is 15.7. The standard InChI is InChI=1S/C34H43NO13/c1-16-14-34(46-22(7)39)26(27(16)43-20(5)37)28(44-21(6)38)17(2)24(42-19(4)36)13-25(47-48-32(41)23-11-10-12-35-15-23)33(8,9)31-29(45-31)18(3)30(34)40/h10-12,15-16,18,24-29,31H,2,13-14H2,1,3-9H3/t16-,18-,24-,25-,26-,27+,28+,29-,31+,34+/m1/s1. The molecule has 0 amide bonds. The lowest BCUT2D eigenvalue weighted by atomic mass is 9.70. The fourth-order valence-corrected chi connectivity index (χ4v) is 7.16. The molecule has 1 aliphatic heterocycles. The van der Waals surface area contributed by atoms with Crippen LogP contribution in [0.3, 0.4) is 0 Å². The van der Waals surface area contributed by atoms with Gasteiger partial charge in [-0.05, 0) is 18.1 Å². The predicted octanol–water partition coefficient (Wildman–Crippen LogP) is 3.25. The van der Waals surface area contributed by atoms with Gasteiger partial charge in [-0.1, -0.05) is 34.3 Å². The third-order valence-corrected chi connectivity index (χ3v) is 9.39. The molecule has 0 radical (unpaired) electrons. The van der Waals surface area contributed by atoms with Crippen molar-refractivity contribution in [1.82, 2.24) is 4.98 Å². The number of carbonyl (C=O) groups is 6. The Balaban J connectivity index is 1.88. The van der Waals surface area contributed by atoms with E-state index in [1.54, 1.807) is 33.8 Å². The zero-order valence-electron chi connectivity index (χ0n) is 28.4. The smallest absolute Gasteiger partial charge is 0.374 e. The van der Waals surface area contributed by atoms with Gasteiger partial charge in [0.05, 0.1) is 23.7 Å². The van der Waals surface area contributed by atoms with E-state index in [1.165, 1.54) is 32.3 Å². The Bertz CT molecular complexity index is 1460. The van der Waals surface area contributed by atoms with Crippen molar-refractivity contribution in [1.29, 1.82) is 0 Å². The van der Waals surface area contributed by atoms with Gasteiger partial charge in [0, 0.05) is 69.8 Å². The Morgan fingerprint density at radius 2 is 1.60 bits per heavy atom. The van der Waals surface area contributed by atoms with E-state index in [9.17, 15) is 28.8 Å². The molecule has 14 nitrogen and oxygen atoms in total. The van der Waals surface area contributed by atoms with Gasteiger partial charge in [0.15, 0.2) is 11.4 Å². The molecule has 262 valence electrons. The maximum absolute atomic E-state index is 14.7. The number of nitrogens with zero attached hydrogens (tertiary/aromatic N) is 1. The van der Waals surface area contributed by atoms with E-state index in [0.29, 0.717) is 0 Å². The zero-order chi connectivity index (χ0) is 35.7. The number of esters is 4. The van der Waals surface area contributed by atoms with E-state index in [0.717, 1.165) is 13.8 Å². The molecule has 0 unspecified atom stereocenters. The number of aromatic nitrogens is 1. The van der Waals surface area contributed by atoms with Crippen LogP contribution in [0.15, 0.2) is 36.7 Å². The average molecular weight is 674 g/mol. The lowest BCUT2D eigenvalue weighted by Gasteiger charge is -2.42. The van der Waals surface area contributed by atoms with Crippen LogP contribution in [0, 0.1) is 23.2 Å². The second-order valence-corrected chi connectivity index (χ2v) is 13.4. The van der Waals surface area contributed by atoms with Gasteiger partial charge >= 0.3 is 29.8 Å². The number of hydrogen-bond donors (Lipinski definition) is 0. The van der Waals surface area contributed by atoms with Crippen molar-refractivity contribution in [2.75, 3.05) is 0 Å². The average Bonchev–Trinajstić information content (AvgIpc) is 3.77. The Morgan fingerprint density at radius 1 is 0.958 bits per heavy atom. The summed E-state index contributed by atoms with van der Waals surface area (Å²) in [6, 6.07) is 3.04. The molecular formula is C34H43NO13. The quantitative estimate of drug-likeness (QED) is 0.103. The second-order valence-electron chi connectivity index (χ2n) is 13.4. The summed E-state index contributed by atoms with van der Waals surface area (Å²) in [7, 11) is 0. The summed E-state index contributed by atoms with van der Waals surface area (Å²) in [5.41, 5.74) is -2.84. The molecule has 2 saturated carbocycles. The second kappa shape index (κ2) is 14.1. The van der Waals surface area contributed by atoms with Gasteiger partial charge in [-0.2, -0.15) is 4.89 Å². The van der Waals surface area contributed by atoms with Gasteiger partial charge in [-0.3, -0.25) is 33.8 Å². The molecule has 48 heavy (non-hydrogen) atoms. The summed E-state index contributed by atoms with van der Waals surface area (Å²) in [5.74, 6) is -7.11. The molecule has 1 aromatic rings. The number of Topliss-reactive ketones (excluding diaryl/α,β-unsaturated/α-hetero) is 1. The highest BCUT2D eigenvalue weighted by molar-refractivity contribution is 5.93. The van der Waals surface area contributed by atoms with Crippen LogP contribution in [-0.2, 0) is 57.4 Å². The van der Waals surface area contributed by atoms with Crippen molar-refractivity contribution in [3.63, 3.8) is 0 Å². The van der Waals surface area contributed by atoms with Gasteiger partial charge < -0.3 is 23.7 Å². The van der Waals surface area contributed by atoms with Crippen LogP contribution >= 0.6 is 0 Å². The minimum atomic E-state index is -1.95. The first kappa shape index (κ1) is 36.7. The third-order valence-electron chi connectivity index (χ3n) is 9.39. The van der Waals surface area contributed by atoms with Gasteiger partial charge in [-0.15, -0.1) is 0 Å². The minimum Gasteiger partial charge on any atom is -0.462 e.